The van der Waals surface area contributed by atoms with E-state index in [1.807, 2.05) is 19.1 Å². The van der Waals surface area contributed by atoms with Crippen molar-refractivity contribution in [1.29, 1.82) is 0 Å². The first kappa shape index (κ1) is 16.7. The molecule has 0 fully saturated rings. The molecule has 0 spiro atoms. The first-order valence-corrected chi connectivity index (χ1v) is 9.51. The minimum absolute atomic E-state index is 0.0879. The summed E-state index contributed by atoms with van der Waals surface area (Å²) in [6.45, 7) is 2.03. The van der Waals surface area contributed by atoms with Gasteiger partial charge in [0.25, 0.3) is 0 Å². The molecular weight excluding hydrogens is 315 g/mol. The van der Waals surface area contributed by atoms with Crippen LogP contribution in [0.1, 0.15) is 13.3 Å². The van der Waals surface area contributed by atoms with Crippen molar-refractivity contribution in [1.82, 2.24) is 0 Å². The van der Waals surface area contributed by atoms with Gasteiger partial charge in [-0.3, -0.25) is 4.79 Å². The topological polar surface area (TPSA) is 37.3 Å². The Morgan fingerprint density at radius 1 is 1.04 bits per heavy atom. The molecule has 2 aromatic carbocycles. The lowest BCUT2D eigenvalue weighted by Gasteiger charge is -2.28. The zero-order valence-corrected chi connectivity index (χ0v) is 14.6. The molecule has 0 bridgehead atoms. The van der Waals surface area contributed by atoms with Crippen LogP contribution in [0, 0.1) is 11.8 Å². The first-order chi connectivity index (χ1) is 11.7. The molecule has 0 saturated carbocycles. The van der Waals surface area contributed by atoms with Crippen molar-refractivity contribution in [2.45, 2.75) is 13.3 Å². The number of rotatable bonds is 6. The Hall–Kier alpha value is -2.18. The summed E-state index contributed by atoms with van der Waals surface area (Å²) in [5.41, 5.74) is 0. The molecule has 2 nitrogen and oxygen atoms in total. The maximum absolute atomic E-state index is 11.1. The maximum Gasteiger partial charge on any atom is 0.303 e. The summed E-state index contributed by atoms with van der Waals surface area (Å²) in [6, 6.07) is 21.1. The Bertz CT molecular complexity index is 710. The fourth-order valence-corrected chi connectivity index (χ4v) is 5.90. The minimum Gasteiger partial charge on any atom is -0.481 e. The minimum atomic E-state index is -0.731. The molecule has 1 N–H and O–H groups in total. The summed E-state index contributed by atoms with van der Waals surface area (Å²) in [5, 5.41) is 13.1. The van der Waals surface area contributed by atoms with E-state index in [1.54, 1.807) is 0 Å². The second-order valence-corrected chi connectivity index (χ2v) is 8.30. The molecule has 1 aliphatic rings. The molecule has 0 amide bonds. The molecule has 0 aliphatic heterocycles. The van der Waals surface area contributed by atoms with Crippen LogP contribution in [0.4, 0.5) is 0 Å². The Morgan fingerprint density at radius 2 is 1.58 bits per heavy atom. The fraction of sp³-hybridized carbons (Fsp3) is 0.190. The molecule has 3 heteroatoms. The highest BCUT2D eigenvalue weighted by Gasteiger charge is 2.30. The lowest BCUT2D eigenvalue weighted by molar-refractivity contribution is -0.138. The van der Waals surface area contributed by atoms with Gasteiger partial charge in [0.15, 0.2) is 0 Å². The van der Waals surface area contributed by atoms with Crippen molar-refractivity contribution in [3.63, 3.8) is 0 Å². The van der Waals surface area contributed by atoms with Gasteiger partial charge in [0.2, 0.25) is 0 Å². The van der Waals surface area contributed by atoms with Gasteiger partial charge in [0.05, 0.1) is 0 Å². The van der Waals surface area contributed by atoms with Gasteiger partial charge in [-0.15, -0.1) is 0 Å². The van der Waals surface area contributed by atoms with Gasteiger partial charge in [-0.25, -0.2) is 0 Å². The number of carbonyl (C=O) groups is 1. The molecule has 0 aromatic heterocycles. The van der Waals surface area contributed by atoms with Crippen LogP contribution >= 0.6 is 7.92 Å². The van der Waals surface area contributed by atoms with Crippen molar-refractivity contribution in [3.05, 3.63) is 84.2 Å². The summed E-state index contributed by atoms with van der Waals surface area (Å²) < 4.78 is 0. The van der Waals surface area contributed by atoms with Crippen LogP contribution in [0.25, 0.3) is 0 Å². The predicted octanol–water partition coefficient (Wildman–Crippen LogP) is 4.30. The molecule has 1 aliphatic carbocycles. The van der Waals surface area contributed by atoms with Gasteiger partial charge >= 0.3 is 5.97 Å². The van der Waals surface area contributed by atoms with Crippen molar-refractivity contribution < 1.29 is 9.90 Å². The normalized spacial score (nSPS) is 17.8. The standard InChI is InChI=1S/C21H21O2P/c1-16(15-21(22)23)19-13-8-14-20(19)24(17-9-4-2-5-10-17)18-11-6-3-7-12-18/h2-14,16,19H,15H2,1H3,(H,22,23). The maximum atomic E-state index is 11.1. The zero-order valence-electron chi connectivity index (χ0n) is 13.7. The van der Waals surface area contributed by atoms with E-state index in [4.69, 9.17) is 5.11 Å². The molecule has 0 radical (unpaired) electrons. The van der Waals surface area contributed by atoms with Gasteiger partial charge in [0, 0.05) is 12.3 Å². The lowest BCUT2D eigenvalue weighted by atomic mass is 9.92. The molecular formula is C21H21O2P. The van der Waals surface area contributed by atoms with Gasteiger partial charge in [-0.1, -0.05) is 85.8 Å². The van der Waals surface area contributed by atoms with Crippen molar-refractivity contribution in [2.24, 2.45) is 11.8 Å². The number of hydrogen-bond acceptors (Lipinski definition) is 1. The highest BCUT2D eigenvalue weighted by Crippen LogP contribution is 2.51. The van der Waals surface area contributed by atoms with Gasteiger partial charge in [-0.05, 0) is 29.8 Å². The number of allylic oxidation sites excluding steroid dienone is 4. The van der Waals surface area contributed by atoms with E-state index < -0.39 is 13.9 Å². The third-order valence-electron chi connectivity index (χ3n) is 4.32. The lowest BCUT2D eigenvalue weighted by Crippen LogP contribution is -2.20. The SMILES string of the molecule is CC(CC(=O)O)C1C=CC=C1P(c1ccccc1)c1ccccc1. The van der Waals surface area contributed by atoms with E-state index in [1.165, 1.54) is 15.9 Å². The molecule has 3 rings (SSSR count). The van der Waals surface area contributed by atoms with E-state index in [2.05, 4.69) is 66.8 Å². The number of hydrogen-bond donors (Lipinski definition) is 1. The number of aliphatic carboxylic acids is 1. The third kappa shape index (κ3) is 3.66. The van der Waals surface area contributed by atoms with Gasteiger partial charge in [0.1, 0.15) is 0 Å². The fourth-order valence-electron chi connectivity index (χ4n) is 3.19. The average Bonchev–Trinajstić information content (AvgIpc) is 3.06. The highest BCUT2D eigenvalue weighted by molar-refractivity contribution is 7.76. The van der Waals surface area contributed by atoms with Crippen LogP contribution in [0.15, 0.2) is 84.2 Å². The second-order valence-electron chi connectivity index (χ2n) is 6.08. The third-order valence-corrected chi connectivity index (χ3v) is 6.92. The number of carboxylic acids is 1. The van der Waals surface area contributed by atoms with E-state index in [0.717, 1.165) is 0 Å². The molecule has 2 atom stereocenters. The Morgan fingerprint density at radius 3 is 2.08 bits per heavy atom. The molecule has 0 heterocycles. The first-order valence-electron chi connectivity index (χ1n) is 8.17. The van der Waals surface area contributed by atoms with E-state index in [9.17, 15) is 4.79 Å². The monoisotopic (exact) mass is 336 g/mol. The van der Waals surface area contributed by atoms with Crippen LogP contribution in [0.2, 0.25) is 0 Å². The van der Waals surface area contributed by atoms with Crippen LogP contribution in [0.5, 0.6) is 0 Å². The van der Waals surface area contributed by atoms with Crippen molar-refractivity contribution in [3.8, 4) is 0 Å². The summed E-state index contributed by atoms with van der Waals surface area (Å²) >= 11 is 0. The molecule has 0 saturated heterocycles. The van der Waals surface area contributed by atoms with Crippen molar-refractivity contribution >= 4 is 24.5 Å². The second kappa shape index (κ2) is 7.59. The largest absolute Gasteiger partial charge is 0.481 e. The summed E-state index contributed by atoms with van der Waals surface area (Å²) in [6.07, 6.45) is 6.62. The van der Waals surface area contributed by atoms with Crippen LogP contribution in [0.3, 0.4) is 0 Å². The van der Waals surface area contributed by atoms with Gasteiger partial charge in [-0.2, -0.15) is 0 Å². The zero-order chi connectivity index (χ0) is 16.9. The number of carboxylic acid groups (broad SMARTS) is 1. The smallest absolute Gasteiger partial charge is 0.303 e. The Kier molecular flexibility index (Phi) is 5.27. The van der Waals surface area contributed by atoms with Crippen LogP contribution in [-0.2, 0) is 4.79 Å². The number of benzene rings is 2. The Balaban J connectivity index is 1.99. The average molecular weight is 336 g/mol. The van der Waals surface area contributed by atoms with Crippen molar-refractivity contribution in [2.75, 3.05) is 0 Å². The predicted molar refractivity (Wildman–Crippen MR) is 101 cm³/mol. The molecule has 24 heavy (non-hydrogen) atoms. The quantitative estimate of drug-likeness (QED) is 0.799. The molecule has 2 aromatic rings. The highest BCUT2D eigenvalue weighted by atomic mass is 31.1. The van der Waals surface area contributed by atoms with Gasteiger partial charge < -0.3 is 5.11 Å². The van der Waals surface area contributed by atoms with Crippen LogP contribution in [-0.4, -0.2) is 11.1 Å². The van der Waals surface area contributed by atoms with Crippen LogP contribution < -0.4 is 10.6 Å². The van der Waals surface area contributed by atoms with E-state index in [-0.39, 0.29) is 18.3 Å². The Labute approximate surface area is 144 Å². The summed E-state index contributed by atoms with van der Waals surface area (Å²) in [7, 11) is -0.643. The molecule has 122 valence electrons. The van der Waals surface area contributed by atoms with E-state index >= 15 is 0 Å². The summed E-state index contributed by atoms with van der Waals surface area (Å²) in [4.78, 5) is 11.1. The summed E-state index contributed by atoms with van der Waals surface area (Å²) in [5.74, 6) is -0.455. The molecule has 2 unspecified atom stereocenters. The van der Waals surface area contributed by atoms with E-state index in [0.29, 0.717) is 0 Å².